The highest BCUT2D eigenvalue weighted by molar-refractivity contribution is 7.99. The van der Waals surface area contributed by atoms with Crippen molar-refractivity contribution in [2.45, 2.75) is 19.0 Å². The highest BCUT2D eigenvalue weighted by Crippen LogP contribution is 2.25. The Kier molecular flexibility index (Phi) is 6.40. The van der Waals surface area contributed by atoms with Crippen molar-refractivity contribution < 1.29 is 9.59 Å². The molecule has 3 rings (SSSR count). The molecule has 0 atom stereocenters. The summed E-state index contributed by atoms with van der Waals surface area (Å²) in [6.07, 6.45) is 0. The Morgan fingerprint density at radius 2 is 1.83 bits per heavy atom. The molecule has 2 aromatic carbocycles. The number of hydrogen-bond acceptors (Lipinski definition) is 6. The van der Waals surface area contributed by atoms with Crippen LogP contribution in [0.2, 0.25) is 0 Å². The number of aromatic amines is 1. The van der Waals surface area contributed by atoms with Crippen LogP contribution in [0.15, 0.2) is 58.5 Å². The number of nitrogens with one attached hydrogen (secondary N) is 3. The van der Waals surface area contributed by atoms with Crippen LogP contribution in [-0.2, 0) is 9.59 Å². The third-order valence-electron chi connectivity index (χ3n) is 3.81. The Bertz CT molecular complexity index is 1100. The molecule has 0 bridgehead atoms. The van der Waals surface area contributed by atoms with Gasteiger partial charge in [-0.05, 0) is 31.2 Å². The number of carbonyl (C=O) groups is 2. The number of para-hydroxylation sites is 1. The molecule has 1 aromatic heterocycles. The van der Waals surface area contributed by atoms with Gasteiger partial charge >= 0.3 is 0 Å². The number of amides is 2. The lowest BCUT2D eigenvalue weighted by Gasteiger charge is -2.10. The number of carbonyl (C=O) groups excluding carboxylic acids is 2. The van der Waals surface area contributed by atoms with Crippen molar-refractivity contribution in [1.82, 2.24) is 15.2 Å². The zero-order valence-corrected chi connectivity index (χ0v) is 16.7. The third-order valence-corrected chi connectivity index (χ3v) is 4.68. The minimum Gasteiger partial charge on any atom is -0.326 e. The normalized spacial score (nSPS) is 10.4. The predicted octanol–water partition coefficient (Wildman–Crippen LogP) is 2.83. The molecule has 1 heterocycles. The molecule has 0 fully saturated rings. The largest absolute Gasteiger partial charge is 0.326 e. The Labute approximate surface area is 171 Å². The maximum absolute atomic E-state index is 12.5. The number of thioether (sulfide) groups is 1. The highest BCUT2D eigenvalue weighted by Gasteiger charge is 2.14. The second-order valence-electron chi connectivity index (χ2n) is 6.24. The van der Waals surface area contributed by atoms with E-state index in [0.29, 0.717) is 16.9 Å². The fraction of sp³-hybridized carbons (Fsp3) is 0.150. The first-order chi connectivity index (χ1) is 13.9. The van der Waals surface area contributed by atoms with Gasteiger partial charge in [0.1, 0.15) is 0 Å². The van der Waals surface area contributed by atoms with E-state index in [1.165, 1.54) is 6.92 Å². The van der Waals surface area contributed by atoms with Gasteiger partial charge in [0, 0.05) is 18.2 Å². The molecule has 8 nitrogen and oxygen atoms in total. The van der Waals surface area contributed by atoms with Crippen LogP contribution in [-0.4, -0.2) is 32.7 Å². The monoisotopic (exact) mass is 409 g/mol. The molecule has 9 heteroatoms. The van der Waals surface area contributed by atoms with Crippen molar-refractivity contribution in [2.24, 2.45) is 0 Å². The average Bonchev–Trinajstić information content (AvgIpc) is 2.68. The summed E-state index contributed by atoms with van der Waals surface area (Å²) in [5.41, 5.74) is 2.20. The number of rotatable bonds is 6. The van der Waals surface area contributed by atoms with Crippen LogP contribution >= 0.6 is 11.8 Å². The van der Waals surface area contributed by atoms with Crippen molar-refractivity contribution in [3.63, 3.8) is 0 Å². The Morgan fingerprint density at radius 3 is 2.52 bits per heavy atom. The van der Waals surface area contributed by atoms with E-state index in [4.69, 9.17) is 0 Å². The minimum absolute atomic E-state index is 0.0699. The van der Waals surface area contributed by atoms with E-state index in [2.05, 4.69) is 25.8 Å². The van der Waals surface area contributed by atoms with Gasteiger partial charge in [0.15, 0.2) is 10.9 Å². The number of hydrogen-bond donors (Lipinski definition) is 3. The second-order valence-corrected chi connectivity index (χ2v) is 7.21. The lowest BCUT2D eigenvalue weighted by atomic mass is 10.1. The van der Waals surface area contributed by atoms with E-state index in [-0.39, 0.29) is 28.4 Å². The van der Waals surface area contributed by atoms with Crippen LogP contribution in [0.3, 0.4) is 0 Å². The van der Waals surface area contributed by atoms with Gasteiger partial charge in [-0.1, -0.05) is 41.6 Å². The van der Waals surface area contributed by atoms with Gasteiger partial charge in [-0.2, -0.15) is 0 Å². The first-order valence-electron chi connectivity index (χ1n) is 8.75. The summed E-state index contributed by atoms with van der Waals surface area (Å²) >= 11 is 1.07. The van der Waals surface area contributed by atoms with E-state index in [9.17, 15) is 14.4 Å². The lowest BCUT2D eigenvalue weighted by Crippen LogP contribution is -2.18. The molecule has 0 aliphatic rings. The fourth-order valence-corrected chi connectivity index (χ4v) is 3.17. The zero-order chi connectivity index (χ0) is 20.8. The van der Waals surface area contributed by atoms with Crippen LogP contribution in [0.4, 0.5) is 11.4 Å². The fourth-order valence-electron chi connectivity index (χ4n) is 2.57. The van der Waals surface area contributed by atoms with Crippen LogP contribution in [0.5, 0.6) is 0 Å². The van der Waals surface area contributed by atoms with Crippen molar-refractivity contribution in [1.29, 1.82) is 0 Å². The van der Waals surface area contributed by atoms with E-state index in [1.807, 2.05) is 31.2 Å². The summed E-state index contributed by atoms with van der Waals surface area (Å²) in [7, 11) is 0. The van der Waals surface area contributed by atoms with Gasteiger partial charge in [-0.15, -0.1) is 10.2 Å². The maximum atomic E-state index is 12.5. The molecule has 2 amide bonds. The summed E-state index contributed by atoms with van der Waals surface area (Å²) < 4.78 is 0. The topological polar surface area (TPSA) is 117 Å². The summed E-state index contributed by atoms with van der Waals surface area (Å²) in [4.78, 5) is 38.6. The standard InChI is InChI=1S/C20H19N5O3S/c1-12-8-9-16(21-13(2)26)15(10-12)18-19(28)23-20(25-24-18)29-11-17(27)22-14-6-4-3-5-7-14/h3-10H,11H2,1-2H3,(H,21,26)(H,22,27)(H,23,25,28). The quantitative estimate of drug-likeness (QED) is 0.539. The molecular formula is C20H19N5O3S. The first-order valence-corrected chi connectivity index (χ1v) is 9.74. The van der Waals surface area contributed by atoms with Crippen LogP contribution in [0, 0.1) is 6.92 Å². The molecule has 29 heavy (non-hydrogen) atoms. The molecule has 148 valence electrons. The van der Waals surface area contributed by atoms with Crippen LogP contribution in [0.1, 0.15) is 12.5 Å². The number of aromatic nitrogens is 3. The van der Waals surface area contributed by atoms with Crippen LogP contribution < -0.4 is 16.2 Å². The maximum Gasteiger partial charge on any atom is 0.278 e. The van der Waals surface area contributed by atoms with Crippen molar-refractivity contribution in [3.05, 3.63) is 64.4 Å². The van der Waals surface area contributed by atoms with Crippen LogP contribution in [0.25, 0.3) is 11.3 Å². The number of aryl methyl sites for hydroxylation is 1. The van der Waals surface area contributed by atoms with Crippen molar-refractivity contribution >= 4 is 35.0 Å². The first kappa shape index (κ1) is 20.3. The lowest BCUT2D eigenvalue weighted by molar-refractivity contribution is -0.114. The van der Waals surface area contributed by atoms with E-state index < -0.39 is 5.56 Å². The highest BCUT2D eigenvalue weighted by atomic mass is 32.2. The molecule has 0 saturated heterocycles. The number of nitrogens with zero attached hydrogens (tertiary/aromatic N) is 2. The van der Waals surface area contributed by atoms with Gasteiger partial charge in [-0.25, -0.2) is 0 Å². The molecule has 3 N–H and O–H groups in total. The summed E-state index contributed by atoms with van der Waals surface area (Å²) in [6, 6.07) is 14.4. The molecule has 0 aliphatic heterocycles. The molecular weight excluding hydrogens is 390 g/mol. The summed E-state index contributed by atoms with van der Waals surface area (Å²) in [5, 5.41) is 13.7. The third kappa shape index (κ3) is 5.52. The van der Waals surface area contributed by atoms with Gasteiger partial charge in [-0.3, -0.25) is 19.4 Å². The second kappa shape index (κ2) is 9.16. The van der Waals surface area contributed by atoms with E-state index in [0.717, 1.165) is 17.3 Å². The van der Waals surface area contributed by atoms with Gasteiger partial charge in [0.05, 0.1) is 11.4 Å². The smallest absolute Gasteiger partial charge is 0.278 e. The zero-order valence-electron chi connectivity index (χ0n) is 15.9. The van der Waals surface area contributed by atoms with Gasteiger partial charge in [0.25, 0.3) is 5.56 Å². The number of anilines is 2. The minimum atomic E-state index is -0.455. The molecule has 3 aromatic rings. The number of benzene rings is 2. The molecule has 0 aliphatic carbocycles. The number of H-pyrrole nitrogens is 1. The average molecular weight is 409 g/mol. The van der Waals surface area contributed by atoms with Gasteiger partial charge < -0.3 is 10.6 Å². The molecule has 0 spiro atoms. The SMILES string of the molecule is CC(=O)Nc1ccc(C)cc1-c1nnc(SCC(=O)Nc2ccccc2)[nH]c1=O. The summed E-state index contributed by atoms with van der Waals surface area (Å²) in [5.74, 6) is -0.406. The Morgan fingerprint density at radius 1 is 1.07 bits per heavy atom. The van der Waals surface area contributed by atoms with E-state index >= 15 is 0 Å². The summed E-state index contributed by atoms with van der Waals surface area (Å²) in [6.45, 7) is 3.26. The van der Waals surface area contributed by atoms with E-state index in [1.54, 1.807) is 24.3 Å². The Balaban J connectivity index is 1.74. The van der Waals surface area contributed by atoms with Gasteiger partial charge in [0.2, 0.25) is 11.8 Å². The molecule has 0 saturated carbocycles. The molecule has 0 unspecified atom stereocenters. The predicted molar refractivity (Wildman–Crippen MR) is 113 cm³/mol. The Hall–Kier alpha value is -3.46. The van der Waals surface area contributed by atoms with Crippen molar-refractivity contribution in [3.8, 4) is 11.3 Å². The molecule has 0 radical (unpaired) electrons. The van der Waals surface area contributed by atoms with Crippen molar-refractivity contribution in [2.75, 3.05) is 16.4 Å².